The number of amidine groups is 1. The number of nitrogens with one attached hydrogen (secondary N) is 1. The van der Waals surface area contributed by atoms with Crippen LogP contribution in [0, 0.1) is 18.3 Å². The Kier molecular flexibility index (Phi) is 4.08. The lowest BCUT2D eigenvalue weighted by atomic mass is 10.1. The third-order valence-electron chi connectivity index (χ3n) is 3.51. The van der Waals surface area contributed by atoms with Gasteiger partial charge in [0.15, 0.2) is 0 Å². The van der Waals surface area contributed by atoms with Crippen LogP contribution in [0.3, 0.4) is 0 Å². The lowest BCUT2D eigenvalue weighted by Crippen LogP contribution is -2.31. The Balaban J connectivity index is 2.29. The molecule has 0 atom stereocenters. The number of nitrogens with two attached hydrogens (primary N) is 1. The van der Waals surface area contributed by atoms with Crippen LogP contribution in [0.4, 0.5) is 5.82 Å². The van der Waals surface area contributed by atoms with E-state index in [-0.39, 0.29) is 5.84 Å². The molecule has 0 aliphatic heterocycles. The van der Waals surface area contributed by atoms with Crippen molar-refractivity contribution in [2.45, 2.75) is 46.1 Å². The van der Waals surface area contributed by atoms with Gasteiger partial charge >= 0.3 is 0 Å². The highest BCUT2D eigenvalue weighted by molar-refractivity contribution is 5.99. The van der Waals surface area contributed by atoms with Crippen molar-refractivity contribution in [1.29, 1.82) is 5.41 Å². The molecule has 104 valence electrons. The Hall–Kier alpha value is -1.58. The highest BCUT2D eigenvalue weighted by Crippen LogP contribution is 2.33. The standard InChI is InChI=1S/C15H24N4/c1-10(2)8-9-19(12-5-6-12)15-13(14(16)17)7-4-11(3)18-15/h4,7,10,12H,5-6,8-9H2,1-3H3,(H3,16,17). The van der Waals surface area contributed by atoms with Crippen LogP contribution in [0.15, 0.2) is 12.1 Å². The molecule has 1 aromatic rings. The molecule has 19 heavy (non-hydrogen) atoms. The zero-order valence-corrected chi connectivity index (χ0v) is 12.1. The van der Waals surface area contributed by atoms with E-state index in [1.807, 2.05) is 19.1 Å². The number of rotatable bonds is 6. The summed E-state index contributed by atoms with van der Waals surface area (Å²) in [6.07, 6.45) is 3.60. The number of pyridine rings is 1. The first-order valence-corrected chi connectivity index (χ1v) is 7.07. The van der Waals surface area contributed by atoms with Gasteiger partial charge in [0.05, 0.1) is 5.56 Å². The number of nitrogen functional groups attached to an aromatic ring is 1. The van der Waals surface area contributed by atoms with Crippen LogP contribution in [0.25, 0.3) is 0 Å². The minimum Gasteiger partial charge on any atom is -0.384 e. The predicted molar refractivity (Wildman–Crippen MR) is 79.8 cm³/mol. The molecule has 0 bridgehead atoms. The third kappa shape index (κ3) is 3.46. The third-order valence-corrected chi connectivity index (χ3v) is 3.51. The molecule has 1 heterocycles. The fourth-order valence-electron chi connectivity index (χ4n) is 2.22. The van der Waals surface area contributed by atoms with Crippen molar-refractivity contribution < 1.29 is 0 Å². The SMILES string of the molecule is Cc1ccc(C(=N)N)c(N(CCC(C)C)C2CC2)n1. The van der Waals surface area contributed by atoms with Gasteiger partial charge in [-0.3, -0.25) is 5.41 Å². The van der Waals surface area contributed by atoms with E-state index >= 15 is 0 Å². The summed E-state index contributed by atoms with van der Waals surface area (Å²) >= 11 is 0. The van der Waals surface area contributed by atoms with E-state index < -0.39 is 0 Å². The van der Waals surface area contributed by atoms with Gasteiger partial charge in [-0.2, -0.15) is 0 Å². The summed E-state index contributed by atoms with van der Waals surface area (Å²) in [6, 6.07) is 4.43. The quantitative estimate of drug-likeness (QED) is 0.610. The molecule has 1 aliphatic carbocycles. The van der Waals surface area contributed by atoms with Crippen LogP contribution in [0.2, 0.25) is 0 Å². The van der Waals surface area contributed by atoms with Crippen molar-refractivity contribution in [3.63, 3.8) is 0 Å². The van der Waals surface area contributed by atoms with Crippen LogP contribution in [0.5, 0.6) is 0 Å². The molecule has 0 amide bonds. The van der Waals surface area contributed by atoms with Gasteiger partial charge in [-0.1, -0.05) is 13.8 Å². The molecular weight excluding hydrogens is 236 g/mol. The summed E-state index contributed by atoms with van der Waals surface area (Å²) in [7, 11) is 0. The summed E-state index contributed by atoms with van der Waals surface area (Å²) in [4.78, 5) is 6.99. The van der Waals surface area contributed by atoms with Crippen molar-refractivity contribution in [3.8, 4) is 0 Å². The van der Waals surface area contributed by atoms with Crippen LogP contribution in [0.1, 0.15) is 44.4 Å². The molecule has 1 fully saturated rings. The molecule has 2 rings (SSSR count). The van der Waals surface area contributed by atoms with E-state index in [1.165, 1.54) is 12.8 Å². The first kappa shape index (κ1) is 13.8. The highest BCUT2D eigenvalue weighted by Gasteiger charge is 2.31. The van der Waals surface area contributed by atoms with E-state index in [2.05, 4.69) is 23.7 Å². The predicted octanol–water partition coefficient (Wildman–Crippen LogP) is 2.69. The summed E-state index contributed by atoms with van der Waals surface area (Å²) in [6.45, 7) is 7.46. The van der Waals surface area contributed by atoms with Crippen molar-refractivity contribution in [2.75, 3.05) is 11.4 Å². The molecule has 0 spiro atoms. The number of anilines is 1. The number of hydrogen-bond acceptors (Lipinski definition) is 3. The van der Waals surface area contributed by atoms with Crippen LogP contribution < -0.4 is 10.6 Å². The van der Waals surface area contributed by atoms with Gasteiger partial charge in [-0.15, -0.1) is 0 Å². The van der Waals surface area contributed by atoms with Crippen molar-refractivity contribution in [3.05, 3.63) is 23.4 Å². The summed E-state index contributed by atoms with van der Waals surface area (Å²) in [5, 5.41) is 7.73. The van der Waals surface area contributed by atoms with Crippen molar-refractivity contribution >= 4 is 11.7 Å². The van der Waals surface area contributed by atoms with Gasteiger partial charge in [0.1, 0.15) is 11.7 Å². The average molecular weight is 260 g/mol. The smallest absolute Gasteiger partial charge is 0.140 e. The Morgan fingerprint density at radius 3 is 2.68 bits per heavy atom. The molecule has 1 saturated carbocycles. The Morgan fingerprint density at radius 1 is 1.47 bits per heavy atom. The molecule has 4 heteroatoms. The summed E-state index contributed by atoms with van der Waals surface area (Å²) < 4.78 is 0. The fourth-order valence-corrected chi connectivity index (χ4v) is 2.22. The molecule has 0 unspecified atom stereocenters. The number of nitrogens with zero attached hydrogens (tertiary/aromatic N) is 2. The zero-order valence-electron chi connectivity index (χ0n) is 12.1. The Morgan fingerprint density at radius 2 is 2.16 bits per heavy atom. The fraction of sp³-hybridized carbons (Fsp3) is 0.600. The number of aromatic nitrogens is 1. The van der Waals surface area contributed by atoms with E-state index in [0.717, 1.165) is 30.0 Å². The van der Waals surface area contributed by atoms with Gasteiger partial charge in [-0.25, -0.2) is 4.98 Å². The van der Waals surface area contributed by atoms with Gasteiger partial charge in [0.2, 0.25) is 0 Å². The molecule has 0 saturated heterocycles. The van der Waals surface area contributed by atoms with Crippen molar-refractivity contribution in [2.24, 2.45) is 11.7 Å². The molecule has 1 aromatic heterocycles. The van der Waals surface area contributed by atoms with Crippen LogP contribution in [-0.2, 0) is 0 Å². The maximum atomic E-state index is 7.73. The monoisotopic (exact) mass is 260 g/mol. The minimum atomic E-state index is 0.109. The molecular formula is C15H24N4. The maximum absolute atomic E-state index is 7.73. The average Bonchev–Trinajstić information content (AvgIpc) is 3.13. The van der Waals surface area contributed by atoms with E-state index in [9.17, 15) is 0 Å². The highest BCUT2D eigenvalue weighted by atomic mass is 15.2. The minimum absolute atomic E-state index is 0.109. The maximum Gasteiger partial charge on any atom is 0.140 e. The van der Waals surface area contributed by atoms with Gasteiger partial charge in [-0.05, 0) is 44.2 Å². The van der Waals surface area contributed by atoms with E-state index in [4.69, 9.17) is 11.1 Å². The Bertz CT molecular complexity index is 463. The molecule has 4 nitrogen and oxygen atoms in total. The second-order valence-corrected chi connectivity index (χ2v) is 5.84. The molecule has 0 aromatic carbocycles. The van der Waals surface area contributed by atoms with Gasteiger partial charge in [0, 0.05) is 18.3 Å². The second-order valence-electron chi connectivity index (χ2n) is 5.84. The van der Waals surface area contributed by atoms with Gasteiger partial charge < -0.3 is 10.6 Å². The van der Waals surface area contributed by atoms with Gasteiger partial charge in [0.25, 0.3) is 0 Å². The first-order chi connectivity index (χ1) is 8.99. The lowest BCUT2D eigenvalue weighted by molar-refractivity contribution is 0.568. The number of aryl methyl sites for hydroxylation is 1. The van der Waals surface area contributed by atoms with Crippen LogP contribution >= 0.6 is 0 Å². The molecule has 3 N–H and O–H groups in total. The van der Waals surface area contributed by atoms with E-state index in [1.54, 1.807) is 0 Å². The normalized spacial score (nSPS) is 14.7. The summed E-state index contributed by atoms with van der Waals surface area (Å²) in [5.74, 6) is 1.68. The largest absolute Gasteiger partial charge is 0.384 e. The molecule has 1 aliphatic rings. The molecule has 0 radical (unpaired) electrons. The topological polar surface area (TPSA) is 66.0 Å². The Labute approximate surface area is 115 Å². The lowest BCUT2D eigenvalue weighted by Gasteiger charge is -2.26. The summed E-state index contributed by atoms with van der Waals surface area (Å²) in [5.41, 5.74) is 7.44. The number of hydrogen-bond donors (Lipinski definition) is 2. The second kappa shape index (κ2) is 5.59. The van der Waals surface area contributed by atoms with Crippen molar-refractivity contribution in [1.82, 2.24) is 4.98 Å². The van der Waals surface area contributed by atoms with E-state index in [0.29, 0.717) is 12.0 Å². The zero-order chi connectivity index (χ0) is 14.0. The first-order valence-electron chi connectivity index (χ1n) is 7.07. The van der Waals surface area contributed by atoms with Crippen LogP contribution in [-0.4, -0.2) is 23.4 Å².